The van der Waals surface area contributed by atoms with Gasteiger partial charge in [0.1, 0.15) is 0 Å². The predicted molar refractivity (Wildman–Crippen MR) is 133 cm³/mol. The van der Waals surface area contributed by atoms with Gasteiger partial charge in [0.15, 0.2) is 9.84 Å². The van der Waals surface area contributed by atoms with Gasteiger partial charge in [0.2, 0.25) is 0 Å². The molecule has 2 aliphatic rings. The summed E-state index contributed by atoms with van der Waals surface area (Å²) in [5.74, 6) is 0.206. The minimum absolute atomic E-state index is 0.0265. The molecule has 0 bridgehead atoms. The molecule has 0 radical (unpaired) electrons. The first-order valence-electron chi connectivity index (χ1n) is 11.6. The third-order valence-electron chi connectivity index (χ3n) is 6.42. The first-order valence-corrected chi connectivity index (χ1v) is 13.2. The summed E-state index contributed by atoms with van der Waals surface area (Å²) in [6, 6.07) is 10.6. The van der Waals surface area contributed by atoms with Gasteiger partial charge < -0.3 is 10.6 Å². The summed E-state index contributed by atoms with van der Waals surface area (Å²) in [6.07, 6.45) is 10.3. The van der Waals surface area contributed by atoms with Crippen LogP contribution in [0, 0.1) is 13.8 Å². The smallest absolute Gasteiger partial charge is 0.319 e. The predicted octanol–water partition coefficient (Wildman–Crippen LogP) is 5.94. The van der Waals surface area contributed by atoms with Gasteiger partial charge in [-0.15, -0.1) is 0 Å². The summed E-state index contributed by atoms with van der Waals surface area (Å²) in [7, 11) is -3.50. The first-order chi connectivity index (χ1) is 15.7. The maximum atomic E-state index is 13.3. The molecule has 0 aromatic heterocycles. The zero-order valence-electron chi connectivity index (χ0n) is 19.5. The van der Waals surface area contributed by atoms with Crippen molar-refractivity contribution in [1.29, 1.82) is 0 Å². The van der Waals surface area contributed by atoms with Gasteiger partial charge in [-0.3, -0.25) is 0 Å². The molecule has 1 atom stereocenters. The highest BCUT2D eigenvalue weighted by Crippen LogP contribution is 2.44. The summed E-state index contributed by atoms with van der Waals surface area (Å²) < 4.78 is 26.6. The highest BCUT2D eigenvalue weighted by atomic mass is 32.2. The topological polar surface area (TPSA) is 75.3 Å². The maximum absolute atomic E-state index is 13.3. The summed E-state index contributed by atoms with van der Waals surface area (Å²) in [5.41, 5.74) is 5.55. The van der Waals surface area contributed by atoms with E-state index in [1.165, 1.54) is 0 Å². The van der Waals surface area contributed by atoms with E-state index in [-0.39, 0.29) is 23.7 Å². The van der Waals surface area contributed by atoms with Crippen LogP contribution in [0.4, 0.5) is 10.5 Å². The Kier molecular flexibility index (Phi) is 6.75. The van der Waals surface area contributed by atoms with Crippen LogP contribution in [0.15, 0.2) is 65.1 Å². The molecule has 5 nitrogen and oxygen atoms in total. The fraction of sp³-hybridized carbons (Fsp3) is 0.370. The van der Waals surface area contributed by atoms with Crippen LogP contribution in [0.1, 0.15) is 60.8 Å². The summed E-state index contributed by atoms with van der Waals surface area (Å²) in [6.45, 7) is 5.97. The van der Waals surface area contributed by atoms with Crippen molar-refractivity contribution in [2.75, 3.05) is 5.32 Å². The zero-order valence-corrected chi connectivity index (χ0v) is 20.3. The normalized spacial score (nSPS) is 16.8. The quantitative estimate of drug-likeness (QED) is 0.532. The molecule has 0 spiro atoms. The van der Waals surface area contributed by atoms with E-state index in [1.807, 2.05) is 45.0 Å². The van der Waals surface area contributed by atoms with Gasteiger partial charge in [-0.2, -0.15) is 0 Å². The molecule has 2 aromatic rings. The number of anilines is 1. The summed E-state index contributed by atoms with van der Waals surface area (Å²) >= 11 is 0. The third kappa shape index (κ3) is 5.74. The number of sulfone groups is 1. The third-order valence-corrected chi connectivity index (χ3v) is 8.17. The second-order valence-electron chi connectivity index (χ2n) is 9.21. The van der Waals surface area contributed by atoms with Crippen molar-refractivity contribution in [2.45, 2.75) is 69.1 Å². The van der Waals surface area contributed by atoms with E-state index in [2.05, 4.69) is 28.9 Å². The molecule has 2 amide bonds. The molecule has 1 unspecified atom stereocenters. The number of carbonyl (C=O) groups excluding carboxylic acids is 1. The number of amides is 2. The van der Waals surface area contributed by atoms with Gasteiger partial charge in [-0.05, 0) is 98.4 Å². The number of allylic oxidation sites excluding steroid dienone is 2. The number of benzene rings is 2. The lowest BCUT2D eigenvalue weighted by Gasteiger charge is -2.18. The fourth-order valence-electron chi connectivity index (χ4n) is 4.22. The number of aryl methyl sites for hydroxylation is 2. The Labute approximate surface area is 196 Å². The van der Waals surface area contributed by atoms with Gasteiger partial charge in [0.05, 0.1) is 16.7 Å². The number of rotatable bonds is 7. The van der Waals surface area contributed by atoms with E-state index in [0.717, 1.165) is 53.5 Å². The van der Waals surface area contributed by atoms with Crippen molar-refractivity contribution in [3.05, 3.63) is 82.5 Å². The molecular weight excluding hydrogens is 432 g/mol. The standard InChI is InChI=1S/C27H32N2O3S/c1-18-9-10-21(15-19(18)2)17-33(31,32)26-14-13-24(16-25(26)23-11-12-23)29-27(30)28-20(3)22-7-5-4-6-8-22/h5,7-10,13-16,20,23H,4,6,11-12,17H2,1-3H3,(H2,28,29,30). The van der Waals surface area contributed by atoms with Crippen LogP contribution in [-0.2, 0) is 15.6 Å². The largest absolute Gasteiger partial charge is 0.331 e. The second kappa shape index (κ2) is 9.56. The molecule has 0 saturated heterocycles. The average molecular weight is 465 g/mol. The molecule has 1 saturated carbocycles. The van der Waals surface area contributed by atoms with Crippen molar-refractivity contribution >= 4 is 21.6 Å². The van der Waals surface area contributed by atoms with Crippen LogP contribution in [0.2, 0.25) is 0 Å². The summed E-state index contributed by atoms with van der Waals surface area (Å²) in [5, 5.41) is 5.84. The number of urea groups is 1. The first kappa shape index (κ1) is 23.3. The minimum Gasteiger partial charge on any atom is -0.331 e. The molecule has 0 aliphatic heterocycles. The Morgan fingerprint density at radius 2 is 1.85 bits per heavy atom. The monoisotopic (exact) mass is 464 g/mol. The lowest BCUT2D eigenvalue weighted by Crippen LogP contribution is -2.37. The minimum atomic E-state index is -3.50. The molecule has 174 valence electrons. The molecule has 4 rings (SSSR count). The van der Waals surface area contributed by atoms with Gasteiger partial charge in [0, 0.05) is 5.69 Å². The Morgan fingerprint density at radius 1 is 1.06 bits per heavy atom. The number of carbonyl (C=O) groups is 1. The van der Waals surface area contributed by atoms with E-state index >= 15 is 0 Å². The average Bonchev–Trinajstić information content (AvgIpc) is 3.62. The Bertz CT molecular complexity index is 1220. The van der Waals surface area contributed by atoms with Crippen molar-refractivity contribution in [3.8, 4) is 0 Å². The van der Waals surface area contributed by atoms with Crippen LogP contribution < -0.4 is 10.6 Å². The van der Waals surface area contributed by atoms with Crippen LogP contribution >= 0.6 is 0 Å². The van der Waals surface area contributed by atoms with Crippen molar-refractivity contribution < 1.29 is 13.2 Å². The molecule has 1 fully saturated rings. The highest BCUT2D eigenvalue weighted by molar-refractivity contribution is 7.90. The van der Waals surface area contributed by atoms with Gasteiger partial charge >= 0.3 is 6.03 Å². The van der Waals surface area contributed by atoms with Gasteiger partial charge in [-0.25, -0.2) is 13.2 Å². The van der Waals surface area contributed by atoms with Crippen LogP contribution in [0.3, 0.4) is 0 Å². The number of hydrogen-bond acceptors (Lipinski definition) is 3. The van der Waals surface area contributed by atoms with Crippen molar-refractivity contribution in [3.63, 3.8) is 0 Å². The van der Waals surface area contributed by atoms with Crippen LogP contribution in [0.5, 0.6) is 0 Å². The van der Waals surface area contributed by atoms with E-state index in [0.29, 0.717) is 10.6 Å². The maximum Gasteiger partial charge on any atom is 0.319 e. The zero-order chi connectivity index (χ0) is 23.6. The van der Waals surface area contributed by atoms with Crippen LogP contribution in [-0.4, -0.2) is 20.5 Å². The SMILES string of the molecule is Cc1ccc(CS(=O)(=O)c2ccc(NC(=O)NC(C)C3=CCCC=C3)cc2C2CC2)cc1C. The molecule has 0 heterocycles. The molecule has 6 heteroatoms. The molecule has 2 N–H and O–H groups in total. The van der Waals surface area contributed by atoms with Crippen molar-refractivity contribution in [2.24, 2.45) is 0 Å². The van der Waals surface area contributed by atoms with Gasteiger partial charge in [0.25, 0.3) is 0 Å². The van der Waals surface area contributed by atoms with E-state index in [4.69, 9.17) is 0 Å². The Hall–Kier alpha value is -2.86. The van der Waals surface area contributed by atoms with Gasteiger partial charge in [-0.1, -0.05) is 36.4 Å². The highest BCUT2D eigenvalue weighted by Gasteiger charge is 2.31. The summed E-state index contributed by atoms with van der Waals surface area (Å²) in [4.78, 5) is 12.9. The second-order valence-corrected chi connectivity index (χ2v) is 11.2. The fourth-order valence-corrected chi connectivity index (χ4v) is 5.85. The molecule has 2 aliphatic carbocycles. The Morgan fingerprint density at radius 3 is 2.52 bits per heavy atom. The van der Waals surface area contributed by atoms with Crippen molar-refractivity contribution in [1.82, 2.24) is 5.32 Å². The molecule has 33 heavy (non-hydrogen) atoms. The molecule has 2 aromatic carbocycles. The molecular formula is C27H32N2O3S. The van der Waals surface area contributed by atoms with E-state index < -0.39 is 9.84 Å². The number of hydrogen-bond donors (Lipinski definition) is 2. The lowest BCUT2D eigenvalue weighted by molar-refractivity contribution is 0.250. The number of nitrogens with one attached hydrogen (secondary N) is 2. The van der Waals surface area contributed by atoms with Crippen LogP contribution in [0.25, 0.3) is 0 Å². The van der Waals surface area contributed by atoms with E-state index in [1.54, 1.807) is 12.1 Å². The Balaban J connectivity index is 1.50. The van der Waals surface area contributed by atoms with E-state index in [9.17, 15) is 13.2 Å². The lowest BCUT2D eigenvalue weighted by atomic mass is 10.0.